The molecule has 118 valence electrons. The van der Waals surface area contributed by atoms with Crippen molar-refractivity contribution in [3.8, 4) is 5.75 Å². The SMILES string of the molecule is CCC1(C)C(NC)CC1Oc1ccc(C)cc1C(C)(C)C. The molecule has 1 fully saturated rings. The van der Waals surface area contributed by atoms with Gasteiger partial charge in [0, 0.05) is 17.9 Å². The van der Waals surface area contributed by atoms with Crippen LogP contribution in [0.4, 0.5) is 0 Å². The van der Waals surface area contributed by atoms with E-state index in [0.717, 1.165) is 18.6 Å². The van der Waals surface area contributed by atoms with Crippen molar-refractivity contribution >= 4 is 0 Å². The van der Waals surface area contributed by atoms with Crippen molar-refractivity contribution < 1.29 is 4.74 Å². The molecule has 0 saturated heterocycles. The van der Waals surface area contributed by atoms with Gasteiger partial charge in [-0.1, -0.05) is 52.3 Å². The van der Waals surface area contributed by atoms with Gasteiger partial charge in [-0.2, -0.15) is 0 Å². The number of aryl methyl sites for hydroxylation is 1. The molecule has 1 N–H and O–H groups in total. The van der Waals surface area contributed by atoms with Crippen LogP contribution in [0.5, 0.6) is 5.75 Å². The van der Waals surface area contributed by atoms with E-state index in [2.05, 4.69) is 72.1 Å². The molecular formula is C19H31NO. The minimum Gasteiger partial charge on any atom is -0.489 e. The molecule has 3 atom stereocenters. The third kappa shape index (κ3) is 2.96. The summed E-state index contributed by atoms with van der Waals surface area (Å²) >= 11 is 0. The predicted molar refractivity (Wildman–Crippen MR) is 90.2 cm³/mol. The van der Waals surface area contributed by atoms with Crippen LogP contribution in [0.25, 0.3) is 0 Å². The van der Waals surface area contributed by atoms with Gasteiger partial charge in [0.15, 0.2) is 0 Å². The molecule has 21 heavy (non-hydrogen) atoms. The van der Waals surface area contributed by atoms with Crippen molar-refractivity contribution in [1.29, 1.82) is 0 Å². The van der Waals surface area contributed by atoms with Gasteiger partial charge in [0.1, 0.15) is 11.9 Å². The smallest absolute Gasteiger partial charge is 0.123 e. The summed E-state index contributed by atoms with van der Waals surface area (Å²) in [6.07, 6.45) is 2.54. The molecule has 1 saturated carbocycles. The summed E-state index contributed by atoms with van der Waals surface area (Å²) < 4.78 is 6.46. The summed E-state index contributed by atoms with van der Waals surface area (Å²) in [6.45, 7) is 13.5. The molecule has 2 nitrogen and oxygen atoms in total. The average molecular weight is 289 g/mol. The first-order valence-electron chi connectivity index (χ1n) is 8.17. The highest BCUT2D eigenvalue weighted by atomic mass is 16.5. The van der Waals surface area contributed by atoms with Gasteiger partial charge in [-0.3, -0.25) is 0 Å². The first-order valence-corrected chi connectivity index (χ1v) is 8.17. The molecule has 0 aliphatic heterocycles. The van der Waals surface area contributed by atoms with E-state index in [9.17, 15) is 0 Å². The quantitative estimate of drug-likeness (QED) is 0.884. The molecule has 0 radical (unpaired) electrons. The van der Waals surface area contributed by atoms with E-state index in [-0.39, 0.29) is 10.8 Å². The number of nitrogens with one attached hydrogen (secondary N) is 1. The van der Waals surface area contributed by atoms with E-state index in [1.807, 2.05) is 0 Å². The minimum absolute atomic E-state index is 0.107. The predicted octanol–water partition coefficient (Wildman–Crippen LogP) is 4.45. The molecule has 1 aromatic carbocycles. The molecule has 0 bridgehead atoms. The second kappa shape index (κ2) is 5.64. The fourth-order valence-corrected chi connectivity index (χ4v) is 3.41. The summed E-state index contributed by atoms with van der Waals surface area (Å²) in [6, 6.07) is 7.14. The zero-order chi connectivity index (χ0) is 15.8. The highest BCUT2D eigenvalue weighted by Gasteiger charge is 2.51. The average Bonchev–Trinajstić information content (AvgIpc) is 2.42. The lowest BCUT2D eigenvalue weighted by Gasteiger charge is -2.53. The second-order valence-electron chi connectivity index (χ2n) is 7.79. The molecule has 1 aliphatic rings. The van der Waals surface area contributed by atoms with Gasteiger partial charge in [-0.15, -0.1) is 0 Å². The lowest BCUT2D eigenvalue weighted by molar-refractivity contribution is -0.0684. The van der Waals surface area contributed by atoms with Gasteiger partial charge in [-0.25, -0.2) is 0 Å². The van der Waals surface area contributed by atoms with Crippen LogP contribution in [0.2, 0.25) is 0 Å². The Bertz CT molecular complexity index is 503. The van der Waals surface area contributed by atoms with Crippen LogP contribution in [0.15, 0.2) is 18.2 Å². The third-order valence-corrected chi connectivity index (χ3v) is 5.30. The van der Waals surface area contributed by atoms with E-state index in [1.54, 1.807) is 0 Å². The van der Waals surface area contributed by atoms with Gasteiger partial charge in [0.05, 0.1) is 0 Å². The highest BCUT2D eigenvalue weighted by molar-refractivity contribution is 5.41. The molecule has 1 aliphatic carbocycles. The number of benzene rings is 1. The van der Waals surface area contributed by atoms with Crippen LogP contribution in [0, 0.1) is 12.3 Å². The zero-order valence-electron chi connectivity index (χ0n) is 14.7. The van der Waals surface area contributed by atoms with Crippen LogP contribution < -0.4 is 10.1 Å². The second-order valence-corrected chi connectivity index (χ2v) is 7.79. The summed E-state index contributed by atoms with van der Waals surface area (Å²) in [7, 11) is 2.06. The summed E-state index contributed by atoms with van der Waals surface area (Å²) in [4.78, 5) is 0. The van der Waals surface area contributed by atoms with Crippen molar-refractivity contribution in [3.05, 3.63) is 29.3 Å². The highest BCUT2D eigenvalue weighted by Crippen LogP contribution is 2.47. The largest absolute Gasteiger partial charge is 0.489 e. The topological polar surface area (TPSA) is 21.3 Å². The van der Waals surface area contributed by atoms with Gasteiger partial charge in [-0.05, 0) is 37.4 Å². The Labute approximate surface area is 130 Å². The lowest BCUT2D eigenvalue weighted by atomic mass is 9.61. The van der Waals surface area contributed by atoms with Crippen LogP contribution in [0.3, 0.4) is 0 Å². The van der Waals surface area contributed by atoms with E-state index < -0.39 is 0 Å². The van der Waals surface area contributed by atoms with Crippen molar-refractivity contribution in [2.75, 3.05) is 7.05 Å². The van der Waals surface area contributed by atoms with Crippen LogP contribution in [-0.4, -0.2) is 19.2 Å². The molecule has 0 aromatic heterocycles. The fourth-order valence-electron chi connectivity index (χ4n) is 3.41. The van der Waals surface area contributed by atoms with Gasteiger partial charge < -0.3 is 10.1 Å². The molecule has 3 unspecified atom stereocenters. The number of rotatable bonds is 4. The molecule has 2 heteroatoms. The lowest BCUT2D eigenvalue weighted by Crippen LogP contribution is -2.62. The Balaban J connectivity index is 2.25. The molecule has 0 spiro atoms. The number of hydrogen-bond acceptors (Lipinski definition) is 2. The Morgan fingerprint density at radius 3 is 2.52 bits per heavy atom. The van der Waals surface area contributed by atoms with E-state index in [0.29, 0.717) is 12.1 Å². The minimum atomic E-state index is 0.107. The number of hydrogen-bond donors (Lipinski definition) is 1. The molecule has 0 amide bonds. The maximum Gasteiger partial charge on any atom is 0.123 e. The summed E-state index contributed by atoms with van der Waals surface area (Å²) in [5, 5.41) is 3.43. The Morgan fingerprint density at radius 1 is 1.33 bits per heavy atom. The molecule has 0 heterocycles. The summed E-state index contributed by atoms with van der Waals surface area (Å²) in [5.74, 6) is 1.06. The number of ether oxygens (including phenoxy) is 1. The molecule has 1 aromatic rings. The van der Waals surface area contributed by atoms with Crippen LogP contribution in [0.1, 0.15) is 58.6 Å². The first kappa shape index (κ1) is 16.4. The molecule has 2 rings (SSSR count). The van der Waals surface area contributed by atoms with Gasteiger partial charge in [0.25, 0.3) is 0 Å². The maximum atomic E-state index is 6.46. The zero-order valence-corrected chi connectivity index (χ0v) is 14.7. The van der Waals surface area contributed by atoms with Crippen molar-refractivity contribution in [2.24, 2.45) is 5.41 Å². The molecular weight excluding hydrogens is 258 g/mol. The van der Waals surface area contributed by atoms with Gasteiger partial charge >= 0.3 is 0 Å². The standard InChI is InChI=1S/C19H31NO/c1-8-19(6)16(20-7)12-17(19)21-15-10-9-13(2)11-14(15)18(3,4)5/h9-11,16-17,20H,8,12H2,1-7H3. The van der Waals surface area contributed by atoms with Crippen molar-refractivity contribution in [3.63, 3.8) is 0 Å². The van der Waals surface area contributed by atoms with Crippen molar-refractivity contribution in [2.45, 2.75) is 71.9 Å². The van der Waals surface area contributed by atoms with E-state index in [4.69, 9.17) is 4.74 Å². The Kier molecular flexibility index (Phi) is 4.39. The summed E-state index contributed by atoms with van der Waals surface area (Å²) in [5.41, 5.74) is 2.95. The van der Waals surface area contributed by atoms with Crippen LogP contribution >= 0.6 is 0 Å². The third-order valence-electron chi connectivity index (χ3n) is 5.30. The normalized spacial score (nSPS) is 29.1. The van der Waals surface area contributed by atoms with Crippen LogP contribution in [-0.2, 0) is 5.41 Å². The fraction of sp³-hybridized carbons (Fsp3) is 0.684. The monoisotopic (exact) mass is 289 g/mol. The van der Waals surface area contributed by atoms with E-state index >= 15 is 0 Å². The van der Waals surface area contributed by atoms with Gasteiger partial charge in [0.2, 0.25) is 0 Å². The first-order chi connectivity index (χ1) is 9.72. The Hall–Kier alpha value is -1.02. The maximum absolute atomic E-state index is 6.46. The van der Waals surface area contributed by atoms with Crippen molar-refractivity contribution in [1.82, 2.24) is 5.32 Å². The van der Waals surface area contributed by atoms with E-state index in [1.165, 1.54) is 11.1 Å². The Morgan fingerprint density at radius 2 is 2.00 bits per heavy atom.